The van der Waals surface area contributed by atoms with E-state index in [0.717, 1.165) is 25.3 Å². The Morgan fingerprint density at radius 2 is 1.83 bits per heavy atom. The molecule has 1 aromatic rings. The van der Waals surface area contributed by atoms with Gasteiger partial charge in [-0.05, 0) is 36.5 Å². The number of hydrogen-bond donors (Lipinski definition) is 3. The summed E-state index contributed by atoms with van der Waals surface area (Å²) in [4.78, 5) is 34.4. The highest BCUT2D eigenvalue weighted by Gasteiger charge is 2.36. The number of carbonyl (C=O) groups excluding carboxylic acids is 2. The average Bonchev–Trinajstić information content (AvgIpc) is 2.46. The van der Waals surface area contributed by atoms with Crippen molar-refractivity contribution in [3.8, 4) is 0 Å². The average molecular weight is 336 g/mol. The number of halogens is 1. The highest BCUT2D eigenvalue weighted by Crippen LogP contribution is 2.42. The van der Waals surface area contributed by atoms with Crippen molar-refractivity contribution in [3.63, 3.8) is 0 Å². The number of carbonyl (C=O) groups is 3. The number of benzene rings is 1. The lowest BCUT2D eigenvalue weighted by molar-refractivity contribution is -0.140. The number of carboxylic acids is 1. The predicted molar refractivity (Wildman–Crippen MR) is 85.9 cm³/mol. The molecule has 0 unspecified atom stereocenters. The molecule has 24 heavy (non-hydrogen) atoms. The third kappa shape index (κ3) is 4.53. The van der Waals surface area contributed by atoms with Gasteiger partial charge in [0, 0.05) is 12.1 Å². The van der Waals surface area contributed by atoms with Crippen molar-refractivity contribution in [2.45, 2.75) is 44.9 Å². The first-order chi connectivity index (χ1) is 11.3. The van der Waals surface area contributed by atoms with Crippen LogP contribution in [0, 0.1) is 11.2 Å². The van der Waals surface area contributed by atoms with Gasteiger partial charge in [0.1, 0.15) is 5.82 Å². The molecule has 0 saturated heterocycles. The molecule has 0 heterocycles. The van der Waals surface area contributed by atoms with Gasteiger partial charge in [0.2, 0.25) is 5.91 Å². The Morgan fingerprint density at radius 3 is 2.38 bits per heavy atom. The van der Waals surface area contributed by atoms with E-state index in [2.05, 4.69) is 5.32 Å². The van der Waals surface area contributed by atoms with Gasteiger partial charge in [-0.1, -0.05) is 19.3 Å². The molecule has 0 radical (unpaired) electrons. The summed E-state index contributed by atoms with van der Waals surface area (Å²) >= 11 is 0. The molecule has 0 atom stereocenters. The molecular weight excluding hydrogens is 315 g/mol. The number of anilines is 1. The fraction of sp³-hybridized carbons (Fsp3) is 0.471. The Labute approximate surface area is 139 Å². The largest absolute Gasteiger partial charge is 0.481 e. The van der Waals surface area contributed by atoms with E-state index >= 15 is 0 Å². The molecule has 7 heteroatoms. The minimum atomic E-state index is -0.915. The van der Waals surface area contributed by atoms with Crippen LogP contribution >= 0.6 is 0 Å². The maximum atomic E-state index is 13.7. The Bertz CT molecular complexity index is 654. The molecular formula is C17H21FN2O4. The molecule has 1 saturated carbocycles. The van der Waals surface area contributed by atoms with E-state index in [1.165, 1.54) is 12.1 Å². The second-order valence-corrected chi connectivity index (χ2v) is 6.42. The summed E-state index contributed by atoms with van der Waals surface area (Å²) in [6.45, 7) is 0. The lowest BCUT2D eigenvalue weighted by Crippen LogP contribution is -2.32. The van der Waals surface area contributed by atoms with E-state index < -0.39 is 23.1 Å². The standard InChI is InChI=1S/C17H21FN2O4/c18-13-8-11(4-5-12(13)16(19)24)20-14(21)9-17(10-15(22)23)6-2-1-3-7-17/h4-5,8H,1-3,6-7,9-10H2,(H2,19,24)(H,20,21)(H,22,23). The van der Waals surface area contributed by atoms with Gasteiger partial charge in [0.15, 0.2) is 0 Å². The van der Waals surface area contributed by atoms with Crippen LogP contribution in [0.5, 0.6) is 0 Å². The van der Waals surface area contributed by atoms with Gasteiger partial charge in [-0.15, -0.1) is 0 Å². The molecule has 1 fully saturated rings. The first-order valence-corrected chi connectivity index (χ1v) is 7.92. The van der Waals surface area contributed by atoms with E-state index in [9.17, 15) is 18.8 Å². The van der Waals surface area contributed by atoms with Crippen LogP contribution in [0.3, 0.4) is 0 Å². The van der Waals surface area contributed by atoms with Crippen molar-refractivity contribution in [2.24, 2.45) is 11.1 Å². The monoisotopic (exact) mass is 336 g/mol. The van der Waals surface area contributed by atoms with Crippen LogP contribution in [0.25, 0.3) is 0 Å². The highest BCUT2D eigenvalue weighted by atomic mass is 19.1. The van der Waals surface area contributed by atoms with Gasteiger partial charge in [0.05, 0.1) is 12.0 Å². The minimum Gasteiger partial charge on any atom is -0.481 e. The molecule has 2 amide bonds. The van der Waals surface area contributed by atoms with Crippen molar-refractivity contribution >= 4 is 23.5 Å². The lowest BCUT2D eigenvalue weighted by Gasteiger charge is -2.35. The van der Waals surface area contributed by atoms with E-state index in [0.29, 0.717) is 12.8 Å². The lowest BCUT2D eigenvalue weighted by atomic mass is 9.69. The van der Waals surface area contributed by atoms with Crippen LogP contribution in [-0.4, -0.2) is 22.9 Å². The Balaban J connectivity index is 2.06. The molecule has 4 N–H and O–H groups in total. The smallest absolute Gasteiger partial charge is 0.303 e. The zero-order valence-corrected chi connectivity index (χ0v) is 13.3. The summed E-state index contributed by atoms with van der Waals surface area (Å²) in [6, 6.07) is 3.63. The second-order valence-electron chi connectivity index (χ2n) is 6.42. The summed E-state index contributed by atoms with van der Waals surface area (Å²) < 4.78 is 13.7. The van der Waals surface area contributed by atoms with Gasteiger partial charge in [0.25, 0.3) is 5.91 Å². The van der Waals surface area contributed by atoms with Crippen molar-refractivity contribution < 1.29 is 23.9 Å². The topological polar surface area (TPSA) is 109 Å². The maximum absolute atomic E-state index is 13.7. The van der Waals surface area contributed by atoms with Crippen LogP contribution < -0.4 is 11.1 Å². The molecule has 1 aromatic carbocycles. The fourth-order valence-electron chi connectivity index (χ4n) is 3.38. The number of amides is 2. The molecule has 0 spiro atoms. The summed E-state index contributed by atoms with van der Waals surface area (Å²) in [5, 5.41) is 11.7. The number of nitrogens with one attached hydrogen (secondary N) is 1. The molecule has 2 rings (SSSR count). The van der Waals surface area contributed by atoms with Crippen LogP contribution in [0.1, 0.15) is 55.3 Å². The highest BCUT2D eigenvalue weighted by molar-refractivity contribution is 5.95. The number of hydrogen-bond acceptors (Lipinski definition) is 3. The Hall–Kier alpha value is -2.44. The van der Waals surface area contributed by atoms with Crippen molar-refractivity contribution in [1.29, 1.82) is 0 Å². The number of aliphatic carboxylic acids is 1. The summed E-state index contributed by atoms with van der Waals surface area (Å²) in [5.74, 6) is -2.96. The van der Waals surface area contributed by atoms with Gasteiger partial charge in [-0.3, -0.25) is 14.4 Å². The van der Waals surface area contributed by atoms with Crippen LogP contribution in [0.4, 0.5) is 10.1 Å². The Morgan fingerprint density at radius 1 is 1.17 bits per heavy atom. The fourth-order valence-corrected chi connectivity index (χ4v) is 3.38. The van der Waals surface area contributed by atoms with Crippen LogP contribution in [0.15, 0.2) is 18.2 Å². The number of rotatable bonds is 6. The first-order valence-electron chi connectivity index (χ1n) is 7.92. The van der Waals surface area contributed by atoms with Crippen molar-refractivity contribution in [1.82, 2.24) is 0 Å². The molecule has 1 aliphatic rings. The molecule has 0 aromatic heterocycles. The maximum Gasteiger partial charge on any atom is 0.303 e. The van der Waals surface area contributed by atoms with Gasteiger partial charge in [-0.2, -0.15) is 0 Å². The van der Waals surface area contributed by atoms with Crippen molar-refractivity contribution in [3.05, 3.63) is 29.6 Å². The van der Waals surface area contributed by atoms with Gasteiger partial charge in [-0.25, -0.2) is 4.39 Å². The van der Waals surface area contributed by atoms with Crippen LogP contribution in [0.2, 0.25) is 0 Å². The molecule has 1 aliphatic carbocycles. The SMILES string of the molecule is NC(=O)c1ccc(NC(=O)CC2(CC(=O)O)CCCCC2)cc1F. The van der Waals surface area contributed by atoms with E-state index in [-0.39, 0.29) is 30.0 Å². The number of primary amides is 1. The zero-order chi connectivity index (χ0) is 17.7. The van der Waals surface area contributed by atoms with E-state index in [4.69, 9.17) is 10.8 Å². The second kappa shape index (κ2) is 7.42. The van der Waals surface area contributed by atoms with Gasteiger partial charge >= 0.3 is 5.97 Å². The molecule has 130 valence electrons. The van der Waals surface area contributed by atoms with Crippen molar-refractivity contribution in [2.75, 3.05) is 5.32 Å². The summed E-state index contributed by atoms with van der Waals surface area (Å²) in [7, 11) is 0. The van der Waals surface area contributed by atoms with Crippen LogP contribution in [-0.2, 0) is 9.59 Å². The first kappa shape index (κ1) is 17.9. The number of carboxylic acid groups (broad SMARTS) is 1. The minimum absolute atomic E-state index is 0.0462. The molecule has 6 nitrogen and oxygen atoms in total. The van der Waals surface area contributed by atoms with Gasteiger partial charge < -0.3 is 16.2 Å². The van der Waals surface area contributed by atoms with E-state index in [1.807, 2.05) is 0 Å². The summed E-state index contributed by atoms with van der Waals surface area (Å²) in [6.07, 6.45) is 4.28. The Kier molecular flexibility index (Phi) is 5.54. The predicted octanol–water partition coefficient (Wildman–Crippen LogP) is 2.68. The normalized spacial score (nSPS) is 16.4. The third-order valence-electron chi connectivity index (χ3n) is 4.49. The van der Waals surface area contributed by atoms with E-state index in [1.54, 1.807) is 0 Å². The molecule has 0 bridgehead atoms. The third-order valence-corrected chi connectivity index (χ3v) is 4.49. The zero-order valence-electron chi connectivity index (χ0n) is 13.3. The quantitative estimate of drug-likeness (QED) is 0.742. The molecule has 0 aliphatic heterocycles. The summed E-state index contributed by atoms with van der Waals surface area (Å²) in [5.41, 5.74) is 4.45. The number of nitrogens with two attached hydrogens (primary N) is 1.